The lowest BCUT2D eigenvalue weighted by Crippen LogP contribution is -2.50. The van der Waals surface area contributed by atoms with E-state index >= 15 is 0 Å². The summed E-state index contributed by atoms with van der Waals surface area (Å²) >= 11 is 0. The molecular formula is C15H26N6O7S. The molecule has 4 aliphatic heterocycles. The number of rotatable bonds is 7. The molecule has 0 aromatic rings. The quantitative estimate of drug-likeness (QED) is 0.261. The highest BCUT2D eigenvalue weighted by Gasteiger charge is 2.49. The van der Waals surface area contributed by atoms with Crippen LogP contribution in [-0.4, -0.2) is 96.8 Å². The molecule has 0 aliphatic carbocycles. The van der Waals surface area contributed by atoms with Crippen molar-refractivity contribution in [1.82, 2.24) is 31.2 Å². The molecule has 0 saturated carbocycles. The van der Waals surface area contributed by atoms with Crippen LogP contribution in [0.15, 0.2) is 0 Å². The van der Waals surface area contributed by atoms with Crippen LogP contribution in [0.1, 0.15) is 25.7 Å². The van der Waals surface area contributed by atoms with Gasteiger partial charge in [-0.15, -0.1) is 4.28 Å². The van der Waals surface area contributed by atoms with E-state index in [1.807, 2.05) is 0 Å². The average Bonchev–Trinajstić information content (AvgIpc) is 3.39. The summed E-state index contributed by atoms with van der Waals surface area (Å²) in [6.45, 7) is 3.32. The molecule has 0 aromatic carbocycles. The third-order valence-corrected chi connectivity index (χ3v) is 6.14. The number of carbonyl (C=O) groups is 2. The summed E-state index contributed by atoms with van der Waals surface area (Å²) in [7, 11) is -4.81. The van der Waals surface area contributed by atoms with Crippen LogP contribution in [-0.2, 0) is 24.3 Å². The number of nitrogens with one attached hydrogen (secondary N) is 3. The molecule has 164 valence electrons. The zero-order valence-electron chi connectivity index (χ0n) is 15.8. The summed E-state index contributed by atoms with van der Waals surface area (Å²) < 4.78 is 35.0. The normalized spacial score (nSPS) is 32.9. The molecule has 4 saturated heterocycles. The number of hydrogen-bond donors (Lipinski definition) is 4. The van der Waals surface area contributed by atoms with Crippen molar-refractivity contribution in [3.63, 3.8) is 0 Å². The lowest BCUT2D eigenvalue weighted by molar-refractivity contribution is -0.139. The van der Waals surface area contributed by atoms with Crippen LogP contribution in [0.4, 0.5) is 4.79 Å². The minimum Gasteiger partial charge on any atom is -0.310 e. The summed E-state index contributed by atoms with van der Waals surface area (Å²) in [5.41, 5.74) is 5.75. The van der Waals surface area contributed by atoms with E-state index in [1.54, 1.807) is 0 Å². The second kappa shape index (κ2) is 8.29. The van der Waals surface area contributed by atoms with Crippen molar-refractivity contribution in [2.45, 2.75) is 49.9 Å². The van der Waals surface area contributed by atoms with Crippen molar-refractivity contribution in [3.05, 3.63) is 0 Å². The van der Waals surface area contributed by atoms with Crippen LogP contribution in [0, 0.1) is 0 Å². The standard InChI is InChI=1S/C15H26N6O7S/c22-14(18-27-9-10-6-12(7-16-10)20-5-1-4-17-20)13-3-2-11-8-19(13)15(23)21(11)28-29(24,25)26/h10-13,16-17H,1-9H2,(H,18,22)(H,24,25,26)/t10-,11?,12+,13?/m1/s1. The molecule has 14 heteroatoms. The molecule has 2 bridgehead atoms. The fraction of sp³-hybridized carbons (Fsp3) is 0.867. The zero-order chi connectivity index (χ0) is 20.6. The number of amides is 3. The molecule has 0 radical (unpaired) electrons. The number of hydrazine groups is 1. The van der Waals surface area contributed by atoms with E-state index < -0.39 is 34.4 Å². The van der Waals surface area contributed by atoms with Crippen LogP contribution in [0.2, 0.25) is 0 Å². The van der Waals surface area contributed by atoms with Gasteiger partial charge in [0.05, 0.1) is 12.6 Å². The summed E-state index contributed by atoms with van der Waals surface area (Å²) in [6, 6.07) is -1.58. The van der Waals surface area contributed by atoms with Gasteiger partial charge in [0, 0.05) is 38.3 Å². The Labute approximate surface area is 168 Å². The van der Waals surface area contributed by atoms with Gasteiger partial charge >= 0.3 is 16.4 Å². The van der Waals surface area contributed by atoms with Crippen LogP contribution in [0.5, 0.6) is 0 Å². The van der Waals surface area contributed by atoms with Gasteiger partial charge in [0.15, 0.2) is 0 Å². The Hall–Kier alpha value is -1.55. The molecular weight excluding hydrogens is 408 g/mol. The van der Waals surface area contributed by atoms with Crippen molar-refractivity contribution in [2.24, 2.45) is 0 Å². The van der Waals surface area contributed by atoms with E-state index in [0.29, 0.717) is 30.6 Å². The predicted octanol–water partition coefficient (Wildman–Crippen LogP) is -2.02. The Morgan fingerprint density at radius 1 is 1.31 bits per heavy atom. The first-order valence-electron chi connectivity index (χ1n) is 9.74. The maximum atomic E-state index is 12.5. The van der Waals surface area contributed by atoms with Gasteiger partial charge < -0.3 is 10.2 Å². The lowest BCUT2D eigenvalue weighted by Gasteiger charge is -2.29. The van der Waals surface area contributed by atoms with E-state index in [9.17, 15) is 18.0 Å². The first-order chi connectivity index (χ1) is 13.8. The van der Waals surface area contributed by atoms with Crippen molar-refractivity contribution in [1.29, 1.82) is 0 Å². The first kappa shape index (κ1) is 20.7. The van der Waals surface area contributed by atoms with E-state index in [-0.39, 0.29) is 12.6 Å². The van der Waals surface area contributed by atoms with Crippen molar-refractivity contribution in [3.8, 4) is 0 Å². The number of piperidine rings is 1. The number of hydroxylamine groups is 3. The average molecular weight is 434 g/mol. The van der Waals surface area contributed by atoms with Gasteiger partial charge in [-0.2, -0.15) is 13.5 Å². The Morgan fingerprint density at radius 2 is 2.14 bits per heavy atom. The molecule has 0 spiro atoms. The van der Waals surface area contributed by atoms with Crippen molar-refractivity contribution in [2.75, 3.05) is 32.8 Å². The van der Waals surface area contributed by atoms with Gasteiger partial charge in [0.1, 0.15) is 6.04 Å². The third kappa shape index (κ3) is 4.63. The Bertz CT molecular complexity index is 745. The SMILES string of the molecule is O=C(NOC[C@H]1C[C@H](N2CCCN2)CN1)C1CCC2CN1C(=O)N2OS(=O)(=O)O. The van der Waals surface area contributed by atoms with Crippen molar-refractivity contribution >= 4 is 22.3 Å². The molecule has 4 fully saturated rings. The summed E-state index contributed by atoms with van der Waals surface area (Å²) in [4.78, 5) is 31.4. The smallest absolute Gasteiger partial charge is 0.310 e. The van der Waals surface area contributed by atoms with Crippen LogP contribution in [0.25, 0.3) is 0 Å². The minimum atomic E-state index is -4.81. The van der Waals surface area contributed by atoms with Gasteiger partial charge in [-0.05, 0) is 25.7 Å². The molecule has 4 N–H and O–H groups in total. The van der Waals surface area contributed by atoms with Crippen LogP contribution in [0.3, 0.4) is 0 Å². The fourth-order valence-corrected chi connectivity index (χ4v) is 4.80. The van der Waals surface area contributed by atoms with Gasteiger partial charge in [0.25, 0.3) is 5.91 Å². The van der Waals surface area contributed by atoms with Gasteiger partial charge in [-0.1, -0.05) is 0 Å². The van der Waals surface area contributed by atoms with Crippen LogP contribution >= 0.6 is 0 Å². The number of nitrogens with zero attached hydrogens (tertiary/aromatic N) is 3. The molecule has 4 aliphatic rings. The fourth-order valence-electron chi connectivity index (χ4n) is 4.41. The summed E-state index contributed by atoms with van der Waals surface area (Å²) in [5.74, 6) is -0.471. The maximum Gasteiger partial charge on any atom is 0.418 e. The van der Waals surface area contributed by atoms with Gasteiger partial charge in [-0.3, -0.25) is 19.6 Å². The molecule has 2 unspecified atom stereocenters. The number of hydrogen-bond acceptors (Lipinski definition) is 9. The van der Waals surface area contributed by atoms with E-state index in [1.165, 1.54) is 4.90 Å². The molecule has 29 heavy (non-hydrogen) atoms. The second-order valence-corrected chi connectivity index (χ2v) is 8.74. The predicted molar refractivity (Wildman–Crippen MR) is 97.0 cm³/mol. The number of urea groups is 1. The van der Waals surface area contributed by atoms with Gasteiger partial charge in [-0.25, -0.2) is 15.3 Å². The molecule has 4 atom stereocenters. The monoisotopic (exact) mass is 434 g/mol. The van der Waals surface area contributed by atoms with Crippen molar-refractivity contribution < 1.29 is 31.7 Å². The first-order valence-corrected chi connectivity index (χ1v) is 11.1. The summed E-state index contributed by atoms with van der Waals surface area (Å²) in [5, 5.41) is 6.22. The Kier molecular flexibility index (Phi) is 5.92. The second-order valence-electron chi connectivity index (χ2n) is 7.74. The molecule has 0 aromatic heterocycles. The highest BCUT2D eigenvalue weighted by Crippen LogP contribution is 2.30. The third-order valence-electron chi connectivity index (χ3n) is 5.79. The lowest BCUT2D eigenvalue weighted by atomic mass is 10.0. The minimum absolute atomic E-state index is 0.116. The molecule has 3 amide bonds. The maximum absolute atomic E-state index is 12.5. The summed E-state index contributed by atoms with van der Waals surface area (Å²) in [6.07, 6.45) is 2.74. The van der Waals surface area contributed by atoms with E-state index in [2.05, 4.69) is 25.5 Å². The Balaban J connectivity index is 1.23. The molecule has 13 nitrogen and oxygen atoms in total. The van der Waals surface area contributed by atoms with Gasteiger partial charge in [0.2, 0.25) is 0 Å². The van der Waals surface area contributed by atoms with Crippen LogP contribution < -0.4 is 16.2 Å². The largest absolute Gasteiger partial charge is 0.418 e. The topological polar surface area (TPSA) is 153 Å². The number of carbonyl (C=O) groups excluding carboxylic acids is 2. The highest BCUT2D eigenvalue weighted by atomic mass is 32.3. The highest BCUT2D eigenvalue weighted by molar-refractivity contribution is 7.80. The van der Waals surface area contributed by atoms with E-state index in [0.717, 1.165) is 32.5 Å². The Morgan fingerprint density at radius 3 is 2.86 bits per heavy atom. The zero-order valence-corrected chi connectivity index (χ0v) is 16.6. The molecule has 4 rings (SSSR count). The molecule has 4 heterocycles. The number of fused-ring (bicyclic) bond motifs is 2. The van der Waals surface area contributed by atoms with E-state index in [4.69, 9.17) is 9.39 Å².